The van der Waals surface area contributed by atoms with E-state index in [2.05, 4.69) is 20.1 Å². The number of ether oxygens (including phenoxy) is 2. The molecule has 4 rings (SSSR count). The minimum atomic E-state index is -1.45. The van der Waals surface area contributed by atoms with Gasteiger partial charge in [-0.2, -0.15) is 9.22 Å². The number of β-lactam (4-membered cyclic amide) rings is 1. The van der Waals surface area contributed by atoms with Gasteiger partial charge in [0.25, 0.3) is 5.91 Å². The first-order valence-corrected chi connectivity index (χ1v) is 12.9. The Kier molecular flexibility index (Phi) is 8.36. The molecule has 0 saturated carbocycles. The molecule has 0 radical (unpaired) electrons. The highest BCUT2D eigenvalue weighted by atomic mass is 35.5. The molecule has 1 saturated heterocycles. The van der Waals surface area contributed by atoms with E-state index in [1.54, 1.807) is 35.5 Å². The summed E-state index contributed by atoms with van der Waals surface area (Å²) in [5.74, 6) is -3.55. The summed E-state index contributed by atoms with van der Waals surface area (Å²) >= 11 is 8.64. The number of hydrogen-bond acceptors (Lipinski definition) is 12. The van der Waals surface area contributed by atoms with Crippen LogP contribution in [0.2, 0.25) is 0 Å². The van der Waals surface area contributed by atoms with Crippen LogP contribution in [0.15, 0.2) is 51.9 Å². The molecule has 2 amide bonds. The van der Waals surface area contributed by atoms with Crippen LogP contribution in [-0.4, -0.2) is 70.5 Å². The number of methoxy groups -OCH3 is 1. The van der Waals surface area contributed by atoms with Crippen LogP contribution in [0.1, 0.15) is 5.56 Å². The van der Waals surface area contributed by atoms with Crippen LogP contribution < -0.4 is 20.6 Å². The van der Waals surface area contributed by atoms with Crippen molar-refractivity contribution >= 4 is 59.1 Å². The largest absolute Gasteiger partial charge is 0.497 e. The predicted molar refractivity (Wildman–Crippen MR) is 135 cm³/mol. The molecule has 0 aromatic heterocycles. The number of nitrogens with zero attached hydrogens (tertiary/aromatic N) is 3. The van der Waals surface area contributed by atoms with Crippen molar-refractivity contribution in [3.05, 3.63) is 52.3 Å². The van der Waals surface area contributed by atoms with Crippen molar-refractivity contribution in [3.63, 3.8) is 0 Å². The monoisotopic (exact) mass is 572 g/mol. The number of oxime groups is 1. The van der Waals surface area contributed by atoms with E-state index >= 15 is 0 Å². The second-order valence-electron chi connectivity index (χ2n) is 7.67. The van der Waals surface area contributed by atoms with Gasteiger partial charge in [0.05, 0.1) is 7.11 Å². The Hall–Kier alpha value is -3.14. The zero-order chi connectivity index (χ0) is 26.7. The molecule has 3 aliphatic heterocycles. The standard InChI is InChI=1S/C21H22ClFN6O6S2/c1-33-11-5-3-10(4-6-11)9-35-21(32)15-12(7-22)19(28-8-13(24)37-27-28)36-20-14(18(31)29(15)20)25-17(30)16(23)26-34-2/h3-6,8,14,19-20,27H,7,9,24H2,1-2H3,(H,25,30)/t14-,19?,20+/m1/s1. The number of rotatable bonds is 9. The second-order valence-corrected chi connectivity index (χ2v) is 9.99. The predicted octanol–water partition coefficient (Wildman–Crippen LogP) is 1.11. The zero-order valence-electron chi connectivity index (χ0n) is 19.5. The van der Waals surface area contributed by atoms with Gasteiger partial charge in [0.2, 0.25) is 0 Å². The summed E-state index contributed by atoms with van der Waals surface area (Å²) in [7, 11) is 2.62. The van der Waals surface area contributed by atoms with Gasteiger partial charge >= 0.3 is 17.8 Å². The maximum atomic E-state index is 13.8. The number of nitrogens with two attached hydrogens (primary N) is 1. The lowest BCUT2D eigenvalue weighted by Crippen LogP contribution is -2.72. The fraction of sp³-hybridized carbons (Fsp3) is 0.333. The summed E-state index contributed by atoms with van der Waals surface area (Å²) in [6.07, 6.45) is 1.61. The van der Waals surface area contributed by atoms with Crippen molar-refractivity contribution in [1.29, 1.82) is 0 Å². The van der Waals surface area contributed by atoms with Crippen molar-refractivity contribution < 1.29 is 33.1 Å². The van der Waals surface area contributed by atoms with E-state index in [4.69, 9.17) is 26.8 Å². The molecule has 0 spiro atoms. The first-order chi connectivity index (χ1) is 17.8. The van der Waals surface area contributed by atoms with E-state index in [-0.39, 0.29) is 18.2 Å². The highest BCUT2D eigenvalue weighted by molar-refractivity contribution is 8.02. The molecule has 37 heavy (non-hydrogen) atoms. The quantitative estimate of drug-likeness (QED) is 0.0976. The third-order valence-electron chi connectivity index (χ3n) is 5.45. The molecule has 1 aromatic carbocycles. The number of carbonyl (C=O) groups excluding carboxylic acids is 3. The Morgan fingerprint density at radius 1 is 1.30 bits per heavy atom. The number of carbonyl (C=O) groups is 3. The molecule has 4 N–H and O–H groups in total. The summed E-state index contributed by atoms with van der Waals surface area (Å²) in [5, 5.41) is 5.96. The molecule has 0 aliphatic carbocycles. The van der Waals surface area contributed by atoms with Crippen LogP contribution >= 0.6 is 35.3 Å². The lowest BCUT2D eigenvalue weighted by molar-refractivity contribution is -0.153. The number of nitrogens with one attached hydrogen (secondary N) is 2. The van der Waals surface area contributed by atoms with Crippen molar-refractivity contribution in [3.8, 4) is 5.75 Å². The van der Waals surface area contributed by atoms with Crippen molar-refractivity contribution in [2.45, 2.75) is 23.4 Å². The van der Waals surface area contributed by atoms with Gasteiger partial charge in [0, 0.05) is 17.7 Å². The van der Waals surface area contributed by atoms with Crippen LogP contribution in [0, 0.1) is 0 Å². The Bertz CT molecular complexity index is 1180. The molecule has 16 heteroatoms. The zero-order valence-corrected chi connectivity index (χ0v) is 21.9. The molecule has 3 heterocycles. The number of hydrogen-bond donors (Lipinski definition) is 3. The number of alkyl halides is 1. The third kappa shape index (κ3) is 5.44. The molecule has 198 valence electrons. The van der Waals surface area contributed by atoms with E-state index < -0.39 is 40.5 Å². The molecule has 12 nitrogen and oxygen atoms in total. The number of benzene rings is 1. The fourth-order valence-electron chi connectivity index (χ4n) is 3.72. The molecular weight excluding hydrogens is 551 g/mol. The molecule has 0 bridgehead atoms. The molecule has 1 fully saturated rings. The minimum Gasteiger partial charge on any atom is -0.497 e. The smallest absolute Gasteiger partial charge is 0.355 e. The molecule has 1 aromatic rings. The third-order valence-corrected chi connectivity index (χ3v) is 7.92. The Labute approximate surface area is 224 Å². The fourth-order valence-corrected chi connectivity index (χ4v) is 6.23. The topological polar surface area (TPSA) is 148 Å². The number of halogens is 2. The maximum absolute atomic E-state index is 13.8. The summed E-state index contributed by atoms with van der Waals surface area (Å²) < 4.78 is 24.4. The summed E-state index contributed by atoms with van der Waals surface area (Å²) in [6, 6.07) is 5.78. The SMILES string of the molecule is CON=C(F)C(=O)N[C@@H]1C(=O)N2C(C(=O)OCc3ccc(OC)cc3)=C(CCl)C(N3C=C(N)SN3)S[C@@H]12. The van der Waals surface area contributed by atoms with Crippen molar-refractivity contribution in [2.75, 3.05) is 20.1 Å². The van der Waals surface area contributed by atoms with Gasteiger partial charge in [-0.1, -0.05) is 12.1 Å². The van der Waals surface area contributed by atoms with Crippen molar-refractivity contribution in [2.24, 2.45) is 10.9 Å². The van der Waals surface area contributed by atoms with Crippen LogP contribution in [0.5, 0.6) is 5.75 Å². The van der Waals surface area contributed by atoms with Gasteiger partial charge < -0.3 is 25.4 Å². The number of amides is 2. The van der Waals surface area contributed by atoms with E-state index in [1.165, 1.54) is 23.8 Å². The van der Waals surface area contributed by atoms with Gasteiger partial charge in [-0.25, -0.2) is 4.79 Å². The number of fused-ring (bicyclic) bond motifs is 1. The molecular formula is C21H22ClFN6O6S2. The lowest BCUT2D eigenvalue weighted by Gasteiger charge is -2.52. The lowest BCUT2D eigenvalue weighted by atomic mass is 10.0. The molecule has 1 unspecified atom stereocenters. The number of hydrazine groups is 1. The first kappa shape index (κ1) is 26.9. The van der Waals surface area contributed by atoms with E-state index in [0.717, 1.165) is 19.1 Å². The minimum absolute atomic E-state index is 0.0514. The van der Waals surface area contributed by atoms with Crippen LogP contribution in [-0.2, 0) is 30.6 Å². The van der Waals surface area contributed by atoms with Gasteiger partial charge in [0.15, 0.2) is 0 Å². The van der Waals surface area contributed by atoms with Crippen LogP contribution in [0.3, 0.4) is 0 Å². The van der Waals surface area contributed by atoms with Crippen LogP contribution in [0.4, 0.5) is 4.39 Å². The van der Waals surface area contributed by atoms with Crippen molar-refractivity contribution in [1.82, 2.24) is 20.1 Å². The summed E-state index contributed by atoms with van der Waals surface area (Å²) in [6.45, 7) is -0.0735. The van der Waals surface area contributed by atoms with Gasteiger partial charge in [-0.3, -0.25) is 19.5 Å². The van der Waals surface area contributed by atoms with E-state index in [1.807, 2.05) is 0 Å². The maximum Gasteiger partial charge on any atom is 0.355 e. The first-order valence-electron chi connectivity index (χ1n) is 10.6. The Morgan fingerprint density at radius 2 is 2.03 bits per heavy atom. The highest BCUT2D eigenvalue weighted by Gasteiger charge is 2.57. The number of esters is 1. The Morgan fingerprint density at radius 3 is 2.62 bits per heavy atom. The van der Waals surface area contributed by atoms with Crippen LogP contribution in [0.25, 0.3) is 0 Å². The van der Waals surface area contributed by atoms with Gasteiger partial charge in [-0.15, -0.1) is 23.4 Å². The molecule has 3 aliphatic rings. The average molecular weight is 573 g/mol. The Balaban J connectivity index is 1.61. The normalized spacial score (nSPS) is 23.2. The highest BCUT2D eigenvalue weighted by Crippen LogP contribution is 2.46. The number of thioether (sulfide) groups is 1. The summed E-state index contributed by atoms with van der Waals surface area (Å²) in [5.41, 5.74) is 6.91. The molecule has 3 atom stereocenters. The average Bonchev–Trinajstić information content (AvgIpc) is 3.35. The van der Waals surface area contributed by atoms with Gasteiger partial charge in [-0.05, 0) is 34.8 Å². The van der Waals surface area contributed by atoms with E-state index in [9.17, 15) is 18.8 Å². The van der Waals surface area contributed by atoms with E-state index in [0.29, 0.717) is 21.9 Å². The summed E-state index contributed by atoms with van der Waals surface area (Å²) in [4.78, 5) is 46.9. The van der Waals surface area contributed by atoms with Gasteiger partial charge in [0.1, 0.15) is 47.0 Å². The second kappa shape index (κ2) is 11.5.